The SMILES string of the molecule is O=C(Nc1ccc(Cl)cc1)[C@H]1CC(=O)N(C2CCCC2)C1. The third-order valence-electron chi connectivity index (χ3n) is 4.41. The van der Waals surface area contributed by atoms with Crippen LogP contribution in [0.2, 0.25) is 5.02 Å². The van der Waals surface area contributed by atoms with Crippen molar-refractivity contribution in [2.24, 2.45) is 5.92 Å². The summed E-state index contributed by atoms with van der Waals surface area (Å²) in [7, 11) is 0. The fraction of sp³-hybridized carbons (Fsp3) is 0.500. The van der Waals surface area contributed by atoms with Gasteiger partial charge in [-0.25, -0.2) is 0 Å². The predicted octanol–water partition coefficient (Wildman–Crippen LogP) is 3.07. The standard InChI is InChI=1S/C16H19ClN2O2/c17-12-5-7-13(8-6-12)18-16(21)11-9-15(20)19(10-11)14-3-1-2-4-14/h5-8,11,14H,1-4,9-10H2,(H,18,21)/t11-/m0/s1. The summed E-state index contributed by atoms with van der Waals surface area (Å²) < 4.78 is 0. The Hall–Kier alpha value is -1.55. The van der Waals surface area contributed by atoms with Gasteiger partial charge in [-0.3, -0.25) is 9.59 Å². The lowest BCUT2D eigenvalue weighted by molar-refractivity contribution is -0.129. The average Bonchev–Trinajstić information content (AvgIpc) is 3.10. The van der Waals surface area contributed by atoms with E-state index >= 15 is 0 Å². The highest BCUT2D eigenvalue weighted by Crippen LogP contribution is 2.30. The summed E-state index contributed by atoms with van der Waals surface area (Å²) in [6, 6.07) is 7.37. The Labute approximate surface area is 129 Å². The van der Waals surface area contributed by atoms with Gasteiger partial charge in [0.05, 0.1) is 5.92 Å². The van der Waals surface area contributed by atoms with E-state index in [0.717, 1.165) is 18.5 Å². The molecule has 3 rings (SSSR count). The van der Waals surface area contributed by atoms with Crippen molar-refractivity contribution in [1.82, 2.24) is 4.90 Å². The molecular formula is C16H19ClN2O2. The van der Waals surface area contributed by atoms with Gasteiger partial charge in [0.25, 0.3) is 0 Å². The second-order valence-electron chi connectivity index (χ2n) is 5.88. The number of benzene rings is 1. The third-order valence-corrected chi connectivity index (χ3v) is 4.66. The Morgan fingerprint density at radius 2 is 1.86 bits per heavy atom. The molecule has 2 amide bonds. The van der Waals surface area contributed by atoms with Crippen molar-refractivity contribution >= 4 is 29.1 Å². The zero-order valence-corrected chi connectivity index (χ0v) is 12.6. The quantitative estimate of drug-likeness (QED) is 0.933. The van der Waals surface area contributed by atoms with E-state index < -0.39 is 0 Å². The van der Waals surface area contributed by atoms with Gasteiger partial charge in [0.2, 0.25) is 11.8 Å². The second kappa shape index (κ2) is 6.06. The lowest BCUT2D eigenvalue weighted by Gasteiger charge is -2.23. The zero-order valence-electron chi connectivity index (χ0n) is 11.8. The molecule has 112 valence electrons. The van der Waals surface area contributed by atoms with Crippen molar-refractivity contribution in [2.75, 3.05) is 11.9 Å². The van der Waals surface area contributed by atoms with Crippen LogP contribution in [0.1, 0.15) is 32.1 Å². The van der Waals surface area contributed by atoms with E-state index in [-0.39, 0.29) is 17.7 Å². The van der Waals surface area contributed by atoms with E-state index in [9.17, 15) is 9.59 Å². The smallest absolute Gasteiger partial charge is 0.229 e. The second-order valence-corrected chi connectivity index (χ2v) is 6.32. The maximum Gasteiger partial charge on any atom is 0.229 e. The number of likely N-dealkylation sites (tertiary alicyclic amines) is 1. The van der Waals surface area contributed by atoms with Crippen LogP contribution in [0.15, 0.2) is 24.3 Å². The summed E-state index contributed by atoms with van der Waals surface area (Å²) in [6.07, 6.45) is 4.87. The molecule has 0 unspecified atom stereocenters. The molecule has 1 aliphatic carbocycles. The maximum absolute atomic E-state index is 12.3. The van der Waals surface area contributed by atoms with Crippen LogP contribution in [0, 0.1) is 5.92 Å². The van der Waals surface area contributed by atoms with Gasteiger partial charge in [0, 0.05) is 29.7 Å². The first-order valence-corrected chi connectivity index (χ1v) is 7.87. The topological polar surface area (TPSA) is 49.4 Å². The number of carbonyl (C=O) groups excluding carboxylic acids is 2. The summed E-state index contributed by atoms with van der Waals surface area (Å²) in [4.78, 5) is 26.3. The number of anilines is 1. The molecule has 1 saturated heterocycles. The van der Waals surface area contributed by atoms with Crippen LogP contribution < -0.4 is 5.32 Å². The number of nitrogens with zero attached hydrogens (tertiary/aromatic N) is 1. The molecule has 2 aliphatic rings. The first kappa shape index (κ1) is 14.4. The van der Waals surface area contributed by atoms with Gasteiger partial charge in [-0.2, -0.15) is 0 Å². The molecule has 0 spiro atoms. The lowest BCUT2D eigenvalue weighted by atomic mass is 10.1. The normalized spacial score (nSPS) is 22.8. The van der Waals surface area contributed by atoms with Crippen molar-refractivity contribution in [3.63, 3.8) is 0 Å². The van der Waals surface area contributed by atoms with Crippen LogP contribution in [-0.4, -0.2) is 29.3 Å². The van der Waals surface area contributed by atoms with Crippen molar-refractivity contribution < 1.29 is 9.59 Å². The molecule has 5 heteroatoms. The largest absolute Gasteiger partial charge is 0.339 e. The summed E-state index contributed by atoms with van der Waals surface area (Å²) in [6.45, 7) is 0.558. The molecule has 0 bridgehead atoms. The molecule has 1 heterocycles. The number of nitrogens with one attached hydrogen (secondary N) is 1. The highest BCUT2D eigenvalue weighted by Gasteiger charge is 2.38. The van der Waals surface area contributed by atoms with Crippen LogP contribution in [0.5, 0.6) is 0 Å². The first-order chi connectivity index (χ1) is 10.1. The van der Waals surface area contributed by atoms with Crippen LogP contribution in [0.3, 0.4) is 0 Å². The minimum absolute atomic E-state index is 0.0776. The molecule has 1 atom stereocenters. The molecule has 0 radical (unpaired) electrons. The molecule has 1 aromatic carbocycles. The Morgan fingerprint density at radius 1 is 1.19 bits per heavy atom. The molecule has 2 fully saturated rings. The average molecular weight is 307 g/mol. The Kier molecular flexibility index (Phi) is 4.15. The van der Waals surface area contributed by atoms with Gasteiger partial charge in [-0.1, -0.05) is 24.4 Å². The first-order valence-electron chi connectivity index (χ1n) is 7.49. The summed E-state index contributed by atoms with van der Waals surface area (Å²) in [5.41, 5.74) is 0.719. The minimum atomic E-state index is -0.242. The Bertz CT molecular complexity index is 538. The Balaban J connectivity index is 1.60. The number of hydrogen-bond acceptors (Lipinski definition) is 2. The van der Waals surface area contributed by atoms with Crippen LogP contribution in [0.25, 0.3) is 0 Å². The van der Waals surface area contributed by atoms with Crippen LogP contribution >= 0.6 is 11.6 Å². The molecule has 1 aliphatic heterocycles. The van der Waals surface area contributed by atoms with E-state index in [2.05, 4.69) is 5.32 Å². The summed E-state index contributed by atoms with van der Waals surface area (Å²) in [5.74, 6) is -0.196. The van der Waals surface area contributed by atoms with Crippen molar-refractivity contribution in [3.05, 3.63) is 29.3 Å². The molecule has 1 aromatic rings. The number of hydrogen-bond donors (Lipinski definition) is 1. The third kappa shape index (κ3) is 3.21. The monoisotopic (exact) mass is 306 g/mol. The number of carbonyl (C=O) groups is 2. The minimum Gasteiger partial charge on any atom is -0.339 e. The predicted molar refractivity (Wildman–Crippen MR) is 82.2 cm³/mol. The van der Waals surface area contributed by atoms with E-state index in [1.165, 1.54) is 12.8 Å². The fourth-order valence-electron chi connectivity index (χ4n) is 3.25. The van der Waals surface area contributed by atoms with E-state index in [0.29, 0.717) is 24.0 Å². The van der Waals surface area contributed by atoms with Gasteiger partial charge >= 0.3 is 0 Å². The van der Waals surface area contributed by atoms with E-state index in [1.54, 1.807) is 24.3 Å². The highest BCUT2D eigenvalue weighted by molar-refractivity contribution is 6.30. The fourth-order valence-corrected chi connectivity index (χ4v) is 3.38. The maximum atomic E-state index is 12.3. The highest BCUT2D eigenvalue weighted by atomic mass is 35.5. The van der Waals surface area contributed by atoms with Crippen molar-refractivity contribution in [2.45, 2.75) is 38.1 Å². The van der Waals surface area contributed by atoms with Gasteiger partial charge in [-0.15, -0.1) is 0 Å². The van der Waals surface area contributed by atoms with Gasteiger partial charge in [0.1, 0.15) is 0 Å². The van der Waals surface area contributed by atoms with E-state index in [4.69, 9.17) is 11.6 Å². The molecular weight excluding hydrogens is 288 g/mol. The molecule has 4 nitrogen and oxygen atoms in total. The van der Waals surface area contributed by atoms with Gasteiger partial charge < -0.3 is 10.2 Å². The van der Waals surface area contributed by atoms with Crippen molar-refractivity contribution in [1.29, 1.82) is 0 Å². The Morgan fingerprint density at radius 3 is 2.52 bits per heavy atom. The van der Waals surface area contributed by atoms with Gasteiger partial charge in [-0.05, 0) is 37.1 Å². The molecule has 1 saturated carbocycles. The van der Waals surface area contributed by atoms with Crippen LogP contribution in [0.4, 0.5) is 5.69 Å². The van der Waals surface area contributed by atoms with E-state index in [1.807, 2.05) is 4.90 Å². The molecule has 21 heavy (non-hydrogen) atoms. The van der Waals surface area contributed by atoms with Crippen molar-refractivity contribution in [3.8, 4) is 0 Å². The summed E-state index contributed by atoms with van der Waals surface area (Å²) >= 11 is 5.82. The number of halogens is 1. The van der Waals surface area contributed by atoms with Gasteiger partial charge in [0.15, 0.2) is 0 Å². The lowest BCUT2D eigenvalue weighted by Crippen LogP contribution is -2.35. The summed E-state index contributed by atoms with van der Waals surface area (Å²) in [5, 5.41) is 3.50. The molecule has 0 aromatic heterocycles. The molecule has 1 N–H and O–H groups in total. The number of amides is 2. The van der Waals surface area contributed by atoms with Crippen LogP contribution in [-0.2, 0) is 9.59 Å². The number of rotatable bonds is 3. The zero-order chi connectivity index (χ0) is 14.8.